The molecule has 0 saturated carbocycles. The molecule has 2 aromatic heterocycles. The minimum atomic E-state index is -0.316. The normalized spacial score (nSPS) is 20.0. The van der Waals surface area contributed by atoms with E-state index in [0.29, 0.717) is 18.9 Å². The van der Waals surface area contributed by atoms with Crippen LogP contribution in [0.2, 0.25) is 0 Å². The molecule has 1 saturated heterocycles. The maximum atomic E-state index is 12.5. The molecule has 1 N–H and O–H groups in total. The molecule has 22 heavy (non-hydrogen) atoms. The molecular formula is C15H17N5O2. The lowest BCUT2D eigenvalue weighted by Gasteiger charge is -2.29. The largest absolute Gasteiger partial charge is 0.392 e. The molecule has 0 bridgehead atoms. The molecule has 0 unspecified atom stereocenters. The van der Waals surface area contributed by atoms with Gasteiger partial charge in [-0.1, -0.05) is 12.1 Å². The van der Waals surface area contributed by atoms with E-state index in [1.807, 2.05) is 24.3 Å². The van der Waals surface area contributed by atoms with Crippen LogP contribution < -0.4 is 5.69 Å². The second-order valence-corrected chi connectivity index (χ2v) is 5.75. The van der Waals surface area contributed by atoms with Crippen LogP contribution in [-0.4, -0.2) is 48.4 Å². The van der Waals surface area contributed by atoms with E-state index in [1.54, 1.807) is 0 Å². The smallest absolute Gasteiger partial charge is 0.352 e. The lowest BCUT2D eigenvalue weighted by atomic mass is 10.1. The van der Waals surface area contributed by atoms with Crippen LogP contribution in [0, 0.1) is 0 Å². The number of nitrogens with zero attached hydrogens (tertiary/aromatic N) is 5. The summed E-state index contributed by atoms with van der Waals surface area (Å²) in [7, 11) is 0. The predicted octanol–water partition coefficient (Wildman–Crippen LogP) is 0.458. The van der Waals surface area contributed by atoms with Gasteiger partial charge in [0.15, 0.2) is 5.65 Å². The van der Waals surface area contributed by atoms with E-state index < -0.39 is 0 Å². The van der Waals surface area contributed by atoms with E-state index in [1.165, 1.54) is 15.4 Å². The average Bonchev–Trinajstić information content (AvgIpc) is 2.84. The number of aromatic nitrogens is 4. The number of hydrogen-bond donors (Lipinski definition) is 1. The molecular weight excluding hydrogens is 282 g/mol. The molecule has 0 radical (unpaired) electrons. The Hall–Kier alpha value is -2.25. The molecule has 0 aliphatic carbocycles. The van der Waals surface area contributed by atoms with Gasteiger partial charge in [-0.2, -0.15) is 4.68 Å². The van der Waals surface area contributed by atoms with E-state index in [0.717, 1.165) is 30.3 Å². The number of fused-ring (bicyclic) bond motifs is 3. The van der Waals surface area contributed by atoms with Crippen molar-refractivity contribution in [1.29, 1.82) is 0 Å². The Morgan fingerprint density at radius 3 is 3.05 bits per heavy atom. The third kappa shape index (κ3) is 2.18. The van der Waals surface area contributed by atoms with Gasteiger partial charge in [-0.25, -0.2) is 14.2 Å². The molecule has 3 aromatic rings. The number of benzene rings is 1. The summed E-state index contributed by atoms with van der Waals surface area (Å²) in [4.78, 5) is 18.8. The third-order valence-corrected chi connectivity index (χ3v) is 4.14. The molecule has 1 aromatic carbocycles. The minimum Gasteiger partial charge on any atom is -0.392 e. The fourth-order valence-corrected chi connectivity index (χ4v) is 3.04. The van der Waals surface area contributed by atoms with Crippen LogP contribution in [0.25, 0.3) is 16.6 Å². The van der Waals surface area contributed by atoms with Crippen LogP contribution in [-0.2, 0) is 6.67 Å². The fourth-order valence-electron chi connectivity index (χ4n) is 3.04. The van der Waals surface area contributed by atoms with Gasteiger partial charge in [0, 0.05) is 18.5 Å². The Morgan fingerprint density at radius 1 is 1.32 bits per heavy atom. The van der Waals surface area contributed by atoms with Crippen LogP contribution >= 0.6 is 0 Å². The summed E-state index contributed by atoms with van der Waals surface area (Å²) >= 11 is 0. The monoisotopic (exact) mass is 299 g/mol. The van der Waals surface area contributed by atoms with Gasteiger partial charge < -0.3 is 5.11 Å². The SMILES string of the molecule is O=c1n(CN2CCC[C@H](O)C2)nc2c3ccccc3ncn12. The zero-order chi connectivity index (χ0) is 15.1. The lowest BCUT2D eigenvalue weighted by Crippen LogP contribution is -2.41. The van der Waals surface area contributed by atoms with Gasteiger partial charge >= 0.3 is 5.69 Å². The van der Waals surface area contributed by atoms with E-state index >= 15 is 0 Å². The first-order valence-corrected chi connectivity index (χ1v) is 7.46. The van der Waals surface area contributed by atoms with Crippen LogP contribution in [0.3, 0.4) is 0 Å². The Balaban J connectivity index is 1.77. The number of hydrogen-bond acceptors (Lipinski definition) is 5. The van der Waals surface area contributed by atoms with Gasteiger partial charge in [0.25, 0.3) is 0 Å². The second-order valence-electron chi connectivity index (χ2n) is 5.75. The number of likely N-dealkylation sites (tertiary alicyclic amines) is 1. The number of para-hydroxylation sites is 1. The highest BCUT2D eigenvalue weighted by atomic mass is 16.3. The molecule has 4 rings (SSSR count). The van der Waals surface area contributed by atoms with Crippen molar-refractivity contribution in [2.75, 3.05) is 13.1 Å². The van der Waals surface area contributed by atoms with Crippen LogP contribution in [0.15, 0.2) is 35.4 Å². The number of aliphatic hydroxyl groups excluding tert-OH is 1. The van der Waals surface area contributed by atoms with Crippen molar-refractivity contribution in [1.82, 2.24) is 24.1 Å². The first kappa shape index (κ1) is 13.4. The van der Waals surface area contributed by atoms with Crippen LogP contribution in [0.1, 0.15) is 12.8 Å². The summed E-state index contributed by atoms with van der Waals surface area (Å²) in [6.07, 6.45) is 2.97. The lowest BCUT2D eigenvalue weighted by molar-refractivity contribution is 0.0509. The van der Waals surface area contributed by atoms with Crippen molar-refractivity contribution in [3.63, 3.8) is 0 Å². The summed E-state index contributed by atoms with van der Waals surface area (Å²) < 4.78 is 2.92. The molecule has 114 valence electrons. The van der Waals surface area contributed by atoms with Crippen molar-refractivity contribution in [3.8, 4) is 0 Å². The van der Waals surface area contributed by atoms with Gasteiger partial charge in [0.1, 0.15) is 6.33 Å². The van der Waals surface area contributed by atoms with Crippen molar-refractivity contribution >= 4 is 16.6 Å². The average molecular weight is 299 g/mol. The molecule has 1 aliphatic heterocycles. The molecule has 0 spiro atoms. The Morgan fingerprint density at radius 2 is 2.18 bits per heavy atom. The summed E-state index contributed by atoms with van der Waals surface area (Å²) in [5.74, 6) is 0. The second kappa shape index (κ2) is 5.19. The molecule has 1 fully saturated rings. The first-order valence-electron chi connectivity index (χ1n) is 7.46. The minimum absolute atomic E-state index is 0.201. The van der Waals surface area contributed by atoms with Crippen molar-refractivity contribution in [2.24, 2.45) is 0 Å². The fraction of sp³-hybridized carbons (Fsp3) is 0.400. The van der Waals surface area contributed by atoms with Crippen molar-refractivity contribution in [3.05, 3.63) is 41.1 Å². The zero-order valence-electron chi connectivity index (χ0n) is 12.1. The number of piperidine rings is 1. The Labute approximate surface area is 126 Å². The summed E-state index contributed by atoms with van der Waals surface area (Å²) in [6.45, 7) is 1.85. The van der Waals surface area contributed by atoms with E-state index in [9.17, 15) is 9.90 Å². The van der Waals surface area contributed by atoms with Gasteiger partial charge in [-0.3, -0.25) is 4.90 Å². The van der Waals surface area contributed by atoms with E-state index in [2.05, 4.69) is 15.0 Å². The zero-order valence-corrected chi connectivity index (χ0v) is 12.1. The van der Waals surface area contributed by atoms with Gasteiger partial charge in [0.2, 0.25) is 0 Å². The summed E-state index contributed by atoms with van der Waals surface area (Å²) in [6, 6.07) is 7.64. The highest BCUT2D eigenvalue weighted by Crippen LogP contribution is 2.15. The summed E-state index contributed by atoms with van der Waals surface area (Å²) in [5.41, 5.74) is 1.24. The van der Waals surface area contributed by atoms with Crippen molar-refractivity contribution < 1.29 is 5.11 Å². The van der Waals surface area contributed by atoms with Crippen LogP contribution in [0.5, 0.6) is 0 Å². The number of rotatable bonds is 2. The molecule has 1 atom stereocenters. The van der Waals surface area contributed by atoms with E-state index in [-0.39, 0.29) is 11.8 Å². The highest BCUT2D eigenvalue weighted by Gasteiger charge is 2.19. The quantitative estimate of drug-likeness (QED) is 0.744. The standard InChI is InChI=1S/C15H17N5O2/c21-11-4-3-7-18(8-11)10-20-15(22)19-9-16-13-6-2-1-5-12(13)14(19)17-20/h1-2,5-6,9,11,21H,3-4,7-8,10H2/t11-/m0/s1. The van der Waals surface area contributed by atoms with Gasteiger partial charge in [-0.05, 0) is 25.0 Å². The predicted molar refractivity (Wildman–Crippen MR) is 81.6 cm³/mol. The first-order chi connectivity index (χ1) is 10.7. The molecule has 3 heterocycles. The Bertz CT molecular complexity index is 884. The van der Waals surface area contributed by atoms with Crippen molar-refractivity contribution in [2.45, 2.75) is 25.6 Å². The Kier molecular flexibility index (Phi) is 3.16. The van der Waals surface area contributed by atoms with E-state index in [4.69, 9.17) is 0 Å². The third-order valence-electron chi connectivity index (χ3n) is 4.14. The summed E-state index contributed by atoms with van der Waals surface area (Å²) in [5, 5.41) is 15.1. The van der Waals surface area contributed by atoms with Crippen LogP contribution in [0.4, 0.5) is 0 Å². The van der Waals surface area contributed by atoms with Gasteiger partial charge in [0.05, 0.1) is 18.3 Å². The topological polar surface area (TPSA) is 75.7 Å². The maximum Gasteiger partial charge on any atom is 0.352 e. The van der Waals surface area contributed by atoms with Gasteiger partial charge in [-0.15, -0.1) is 5.10 Å². The number of aliphatic hydroxyl groups is 1. The molecule has 7 heteroatoms. The molecule has 0 amide bonds. The maximum absolute atomic E-state index is 12.5. The number of β-amino-alcohol motifs (C(OH)–C–C–N with tert-alkyl or cyclic N) is 1. The molecule has 1 aliphatic rings. The highest BCUT2D eigenvalue weighted by molar-refractivity contribution is 5.90. The molecule has 7 nitrogen and oxygen atoms in total.